The lowest BCUT2D eigenvalue weighted by Crippen LogP contribution is -2.37. The number of carbonyl (C=O) groups is 4. The molecule has 0 saturated heterocycles. The molecular weight excluding hydrogens is 378 g/mol. The molecule has 1 aliphatic rings. The molecule has 0 aliphatic carbocycles. The number of nitrogens with zero attached hydrogens (tertiary/aromatic N) is 3. The molecule has 1 N–H and O–H groups in total. The van der Waals surface area contributed by atoms with E-state index in [1.54, 1.807) is 36.4 Å². The zero-order valence-electron chi connectivity index (χ0n) is 15.2. The fourth-order valence-corrected chi connectivity index (χ4v) is 2.68. The standard InChI is InChI=1S/C20H17N3O6/c24-17(25)12-22(20(28)29-13-14-6-2-1-3-7-14)11-10-21-23-18(26)15-8-4-5-9-16(15)19(23)27/h1-10H,11-13H2,(H,24,25)/b21-10+. The summed E-state index contributed by atoms with van der Waals surface area (Å²) in [7, 11) is 0. The first-order valence-corrected chi connectivity index (χ1v) is 8.65. The van der Waals surface area contributed by atoms with E-state index in [4.69, 9.17) is 9.84 Å². The maximum absolute atomic E-state index is 12.2. The number of aliphatic carboxylic acids is 1. The number of hydrazone groups is 1. The molecule has 0 atom stereocenters. The van der Waals surface area contributed by atoms with Gasteiger partial charge in [-0.15, -0.1) is 0 Å². The monoisotopic (exact) mass is 395 g/mol. The number of imide groups is 1. The summed E-state index contributed by atoms with van der Waals surface area (Å²) in [6.07, 6.45) is 0.263. The van der Waals surface area contributed by atoms with Gasteiger partial charge >= 0.3 is 12.1 Å². The van der Waals surface area contributed by atoms with Crippen molar-refractivity contribution in [3.05, 3.63) is 71.3 Å². The third-order valence-electron chi connectivity index (χ3n) is 4.06. The van der Waals surface area contributed by atoms with Gasteiger partial charge < -0.3 is 9.84 Å². The Labute approximate surface area is 165 Å². The predicted octanol–water partition coefficient (Wildman–Crippen LogP) is 1.99. The Hall–Kier alpha value is -4.01. The van der Waals surface area contributed by atoms with Crippen molar-refractivity contribution in [3.8, 4) is 0 Å². The van der Waals surface area contributed by atoms with Crippen molar-refractivity contribution in [1.82, 2.24) is 9.91 Å². The molecule has 9 heteroatoms. The van der Waals surface area contributed by atoms with Crippen molar-refractivity contribution < 1.29 is 29.0 Å². The number of ether oxygens (including phenoxy) is 1. The molecule has 1 aliphatic heterocycles. The molecule has 0 radical (unpaired) electrons. The van der Waals surface area contributed by atoms with Crippen LogP contribution in [0.3, 0.4) is 0 Å². The van der Waals surface area contributed by atoms with Gasteiger partial charge in [-0.2, -0.15) is 10.1 Å². The fourth-order valence-electron chi connectivity index (χ4n) is 2.68. The number of carbonyl (C=O) groups excluding carboxylic acids is 3. The van der Waals surface area contributed by atoms with Gasteiger partial charge in [0.1, 0.15) is 13.2 Å². The first-order chi connectivity index (χ1) is 14.0. The Bertz CT molecular complexity index is 938. The van der Waals surface area contributed by atoms with E-state index in [2.05, 4.69) is 5.10 Å². The van der Waals surface area contributed by atoms with E-state index in [-0.39, 0.29) is 24.3 Å². The van der Waals surface area contributed by atoms with Gasteiger partial charge in [-0.1, -0.05) is 42.5 Å². The number of hydrogen-bond acceptors (Lipinski definition) is 6. The Morgan fingerprint density at radius 3 is 2.17 bits per heavy atom. The van der Waals surface area contributed by atoms with Crippen molar-refractivity contribution in [3.63, 3.8) is 0 Å². The Morgan fingerprint density at radius 1 is 1.00 bits per heavy atom. The van der Waals surface area contributed by atoms with Gasteiger partial charge in [0.2, 0.25) is 0 Å². The molecule has 1 heterocycles. The normalized spacial score (nSPS) is 12.9. The maximum Gasteiger partial charge on any atom is 0.410 e. The number of fused-ring (bicyclic) bond motifs is 1. The van der Waals surface area contributed by atoms with E-state index in [9.17, 15) is 19.2 Å². The molecule has 3 rings (SSSR count). The zero-order chi connectivity index (χ0) is 20.8. The van der Waals surface area contributed by atoms with E-state index in [0.717, 1.165) is 16.7 Å². The number of carboxylic acids is 1. The van der Waals surface area contributed by atoms with Crippen molar-refractivity contribution in [2.24, 2.45) is 5.10 Å². The fraction of sp³-hybridized carbons (Fsp3) is 0.150. The lowest BCUT2D eigenvalue weighted by Gasteiger charge is -2.18. The molecule has 3 amide bonds. The van der Waals surface area contributed by atoms with Crippen LogP contribution in [0, 0.1) is 0 Å². The first-order valence-electron chi connectivity index (χ1n) is 8.65. The van der Waals surface area contributed by atoms with E-state index < -0.39 is 30.4 Å². The number of benzene rings is 2. The summed E-state index contributed by atoms with van der Waals surface area (Å²) in [5.41, 5.74) is 1.22. The van der Waals surface area contributed by atoms with E-state index in [1.165, 1.54) is 12.1 Å². The SMILES string of the molecule is O=C(O)CN(C/C=N/N1C(=O)c2ccccc2C1=O)C(=O)OCc1ccccc1. The summed E-state index contributed by atoms with van der Waals surface area (Å²) in [5, 5.41) is 13.5. The smallest absolute Gasteiger partial charge is 0.410 e. The Kier molecular flexibility index (Phi) is 5.98. The van der Waals surface area contributed by atoms with Crippen LogP contribution in [0.15, 0.2) is 59.7 Å². The van der Waals surface area contributed by atoms with Crippen molar-refractivity contribution in [2.45, 2.75) is 6.61 Å². The molecule has 148 valence electrons. The van der Waals surface area contributed by atoms with Gasteiger partial charge in [0.25, 0.3) is 11.8 Å². The summed E-state index contributed by atoms with van der Waals surface area (Å²) in [4.78, 5) is 48.7. The molecule has 29 heavy (non-hydrogen) atoms. The quantitative estimate of drug-likeness (QED) is 0.566. The average Bonchev–Trinajstić information content (AvgIpc) is 2.97. The molecule has 2 aromatic carbocycles. The lowest BCUT2D eigenvalue weighted by atomic mass is 10.1. The molecule has 0 aromatic heterocycles. The second-order valence-corrected chi connectivity index (χ2v) is 6.08. The van der Waals surface area contributed by atoms with Gasteiger partial charge in [-0.05, 0) is 17.7 Å². The molecule has 2 aromatic rings. The summed E-state index contributed by atoms with van der Waals surface area (Å²) < 4.78 is 5.12. The minimum Gasteiger partial charge on any atom is -0.480 e. The number of rotatable bonds is 7. The summed E-state index contributed by atoms with van der Waals surface area (Å²) in [6.45, 7) is -0.902. The second kappa shape index (κ2) is 8.79. The summed E-state index contributed by atoms with van der Waals surface area (Å²) in [6, 6.07) is 15.2. The summed E-state index contributed by atoms with van der Waals surface area (Å²) in [5.74, 6) is -2.41. The van der Waals surface area contributed by atoms with E-state index >= 15 is 0 Å². The van der Waals surface area contributed by atoms with Crippen molar-refractivity contribution in [2.75, 3.05) is 13.1 Å². The molecular formula is C20H17N3O6. The maximum atomic E-state index is 12.2. The highest BCUT2D eigenvalue weighted by Crippen LogP contribution is 2.22. The zero-order valence-corrected chi connectivity index (χ0v) is 15.2. The lowest BCUT2D eigenvalue weighted by molar-refractivity contribution is -0.137. The van der Waals surface area contributed by atoms with Crippen LogP contribution in [0.25, 0.3) is 0 Å². The topological polar surface area (TPSA) is 117 Å². The highest BCUT2D eigenvalue weighted by atomic mass is 16.6. The van der Waals surface area contributed by atoms with Gasteiger partial charge in [0, 0.05) is 6.21 Å². The van der Waals surface area contributed by atoms with Crippen LogP contribution in [-0.4, -0.2) is 58.2 Å². The molecule has 0 unspecified atom stereocenters. The minimum atomic E-state index is -1.24. The van der Waals surface area contributed by atoms with Crippen LogP contribution in [0.5, 0.6) is 0 Å². The van der Waals surface area contributed by atoms with Gasteiger partial charge in [-0.3, -0.25) is 19.3 Å². The van der Waals surface area contributed by atoms with Crippen LogP contribution in [-0.2, 0) is 16.1 Å². The Balaban J connectivity index is 1.63. The predicted molar refractivity (Wildman–Crippen MR) is 101 cm³/mol. The molecule has 0 fully saturated rings. The minimum absolute atomic E-state index is 0.0225. The third kappa shape index (κ3) is 4.64. The second-order valence-electron chi connectivity index (χ2n) is 6.08. The van der Waals surface area contributed by atoms with E-state index in [1.807, 2.05) is 6.07 Å². The van der Waals surface area contributed by atoms with Crippen molar-refractivity contribution >= 4 is 30.1 Å². The number of amides is 3. The highest BCUT2D eigenvalue weighted by molar-refractivity contribution is 6.21. The average molecular weight is 395 g/mol. The largest absolute Gasteiger partial charge is 0.480 e. The van der Waals surface area contributed by atoms with Gasteiger partial charge in [0.05, 0.1) is 17.7 Å². The highest BCUT2D eigenvalue weighted by Gasteiger charge is 2.35. The van der Waals surface area contributed by atoms with Crippen LogP contribution in [0.1, 0.15) is 26.3 Å². The van der Waals surface area contributed by atoms with Crippen LogP contribution in [0.4, 0.5) is 4.79 Å². The Morgan fingerprint density at radius 2 is 1.59 bits per heavy atom. The van der Waals surface area contributed by atoms with Gasteiger partial charge in [-0.25, -0.2) is 4.79 Å². The van der Waals surface area contributed by atoms with Gasteiger partial charge in [0.15, 0.2) is 0 Å². The molecule has 0 saturated carbocycles. The van der Waals surface area contributed by atoms with E-state index in [0.29, 0.717) is 5.01 Å². The van der Waals surface area contributed by atoms with Crippen molar-refractivity contribution in [1.29, 1.82) is 0 Å². The third-order valence-corrected chi connectivity index (χ3v) is 4.06. The number of hydrogen-bond donors (Lipinski definition) is 1. The molecule has 9 nitrogen and oxygen atoms in total. The van der Waals surface area contributed by atoms with Crippen LogP contribution in [0.2, 0.25) is 0 Å². The molecule has 0 spiro atoms. The number of carboxylic acid groups (broad SMARTS) is 1. The van der Waals surface area contributed by atoms with Crippen LogP contribution < -0.4 is 0 Å². The first kappa shape index (κ1) is 19.7. The van der Waals surface area contributed by atoms with Crippen LogP contribution >= 0.6 is 0 Å². The molecule has 0 bridgehead atoms. The summed E-state index contributed by atoms with van der Waals surface area (Å²) >= 11 is 0.